The summed E-state index contributed by atoms with van der Waals surface area (Å²) in [6.45, 7) is 2.13. The number of hydrogen-bond donors (Lipinski definition) is 0. The van der Waals surface area contributed by atoms with E-state index in [1.807, 2.05) is 12.3 Å². The number of rotatable bonds is 3. The molecule has 3 rings (SSSR count). The van der Waals surface area contributed by atoms with Crippen LogP contribution in [0.5, 0.6) is 0 Å². The van der Waals surface area contributed by atoms with Gasteiger partial charge in [-0.2, -0.15) is 0 Å². The van der Waals surface area contributed by atoms with E-state index in [9.17, 15) is 0 Å². The molecule has 1 aromatic heterocycles. The molecule has 3 heteroatoms. The number of aryl methyl sites for hydroxylation is 1. The first kappa shape index (κ1) is 13.0. The van der Waals surface area contributed by atoms with E-state index in [1.165, 1.54) is 16.8 Å². The van der Waals surface area contributed by atoms with Gasteiger partial charge in [-0.25, -0.2) is 4.98 Å². The van der Waals surface area contributed by atoms with Crippen molar-refractivity contribution in [1.82, 2.24) is 9.55 Å². The third-order valence-electron chi connectivity index (χ3n) is 3.34. The summed E-state index contributed by atoms with van der Waals surface area (Å²) in [5.74, 6) is 0. The molecule has 0 N–H and O–H groups in total. The molecule has 0 unspecified atom stereocenters. The molecule has 0 bridgehead atoms. The average molecular weight is 280 g/mol. The van der Waals surface area contributed by atoms with Gasteiger partial charge in [-0.3, -0.25) is 4.57 Å². The van der Waals surface area contributed by atoms with Crippen LogP contribution in [0.15, 0.2) is 66.0 Å². The van der Waals surface area contributed by atoms with Crippen molar-refractivity contribution >= 4 is 11.8 Å². The molecule has 0 amide bonds. The Morgan fingerprint density at radius 3 is 2.35 bits per heavy atom. The summed E-state index contributed by atoms with van der Waals surface area (Å²) in [6.07, 6.45) is 4.01. The Labute approximate surface area is 123 Å². The number of benzene rings is 2. The third-order valence-corrected chi connectivity index (χ3v) is 3.99. The van der Waals surface area contributed by atoms with E-state index in [1.54, 1.807) is 11.8 Å². The Kier molecular flexibility index (Phi) is 3.61. The SMILES string of the molecule is CSc1ncc(-c2ccccc2)n1-c1ccccc1C. The minimum atomic E-state index is 1.01. The van der Waals surface area contributed by atoms with Gasteiger partial charge in [-0.1, -0.05) is 60.3 Å². The fourth-order valence-corrected chi connectivity index (χ4v) is 2.88. The standard InChI is InChI=1S/C17H16N2S/c1-13-8-6-7-11-15(13)19-16(12-18-17(19)20-2)14-9-4-3-5-10-14/h3-12H,1-2H3. The zero-order chi connectivity index (χ0) is 13.9. The van der Waals surface area contributed by atoms with Crippen molar-refractivity contribution < 1.29 is 0 Å². The third kappa shape index (κ3) is 2.25. The molecule has 2 nitrogen and oxygen atoms in total. The van der Waals surface area contributed by atoms with Crippen LogP contribution >= 0.6 is 11.8 Å². The molecule has 2 aromatic carbocycles. The van der Waals surface area contributed by atoms with Crippen LogP contribution in [0.1, 0.15) is 5.56 Å². The van der Waals surface area contributed by atoms with Crippen LogP contribution < -0.4 is 0 Å². The molecule has 0 aliphatic heterocycles. The van der Waals surface area contributed by atoms with Gasteiger partial charge in [0.2, 0.25) is 0 Å². The molecule has 0 atom stereocenters. The lowest BCUT2D eigenvalue weighted by molar-refractivity contribution is 0.895. The highest BCUT2D eigenvalue weighted by molar-refractivity contribution is 7.98. The lowest BCUT2D eigenvalue weighted by atomic mass is 10.1. The van der Waals surface area contributed by atoms with Gasteiger partial charge in [0.15, 0.2) is 5.16 Å². The summed E-state index contributed by atoms with van der Waals surface area (Å²) in [7, 11) is 0. The second-order valence-electron chi connectivity index (χ2n) is 4.62. The largest absolute Gasteiger partial charge is 0.287 e. The lowest BCUT2D eigenvalue weighted by Gasteiger charge is -2.13. The second-order valence-corrected chi connectivity index (χ2v) is 5.39. The van der Waals surface area contributed by atoms with Crippen molar-refractivity contribution in [1.29, 1.82) is 0 Å². The molecule has 0 aliphatic rings. The van der Waals surface area contributed by atoms with Crippen LogP contribution in [-0.2, 0) is 0 Å². The first-order valence-corrected chi connectivity index (χ1v) is 7.77. The molecule has 0 saturated carbocycles. The Bertz CT molecular complexity index is 717. The summed E-state index contributed by atoms with van der Waals surface area (Å²) in [4.78, 5) is 4.55. The predicted octanol–water partition coefficient (Wildman–Crippen LogP) is 4.57. The van der Waals surface area contributed by atoms with E-state index >= 15 is 0 Å². The minimum absolute atomic E-state index is 1.01. The fourth-order valence-electron chi connectivity index (χ4n) is 2.34. The summed E-state index contributed by atoms with van der Waals surface area (Å²) in [6, 6.07) is 18.8. The molecule has 0 spiro atoms. The van der Waals surface area contributed by atoms with E-state index in [4.69, 9.17) is 0 Å². The van der Waals surface area contributed by atoms with E-state index < -0.39 is 0 Å². The summed E-state index contributed by atoms with van der Waals surface area (Å²) >= 11 is 1.67. The Morgan fingerprint density at radius 2 is 1.65 bits per heavy atom. The second kappa shape index (κ2) is 5.55. The zero-order valence-corrected chi connectivity index (χ0v) is 12.4. The Morgan fingerprint density at radius 1 is 0.950 bits per heavy atom. The first-order chi connectivity index (χ1) is 9.81. The van der Waals surface area contributed by atoms with E-state index in [2.05, 4.69) is 71.3 Å². The van der Waals surface area contributed by atoms with Gasteiger partial charge >= 0.3 is 0 Å². The van der Waals surface area contributed by atoms with E-state index in [-0.39, 0.29) is 0 Å². The number of nitrogens with zero attached hydrogens (tertiary/aromatic N) is 2. The van der Waals surface area contributed by atoms with E-state index in [0.29, 0.717) is 0 Å². The number of hydrogen-bond acceptors (Lipinski definition) is 2. The predicted molar refractivity (Wildman–Crippen MR) is 85.5 cm³/mol. The number of imidazole rings is 1. The van der Waals surface area contributed by atoms with E-state index in [0.717, 1.165) is 10.9 Å². The fraction of sp³-hybridized carbons (Fsp3) is 0.118. The molecule has 0 fully saturated rings. The van der Waals surface area contributed by atoms with Gasteiger partial charge in [0.05, 0.1) is 17.6 Å². The van der Waals surface area contributed by atoms with Crippen LogP contribution in [-0.4, -0.2) is 15.8 Å². The molecular weight excluding hydrogens is 264 g/mol. The highest BCUT2D eigenvalue weighted by Crippen LogP contribution is 2.29. The lowest BCUT2D eigenvalue weighted by Crippen LogP contribution is -2.00. The van der Waals surface area contributed by atoms with Crippen molar-refractivity contribution in [3.05, 3.63) is 66.4 Å². The highest BCUT2D eigenvalue weighted by Gasteiger charge is 2.13. The number of thioether (sulfide) groups is 1. The molecule has 100 valence electrons. The van der Waals surface area contributed by atoms with Crippen LogP contribution in [0.3, 0.4) is 0 Å². The molecule has 0 aliphatic carbocycles. The number of para-hydroxylation sites is 1. The smallest absolute Gasteiger partial charge is 0.172 e. The quantitative estimate of drug-likeness (QED) is 0.654. The monoisotopic (exact) mass is 280 g/mol. The Balaban J connectivity index is 2.24. The van der Waals surface area contributed by atoms with Gasteiger partial charge in [-0.15, -0.1) is 0 Å². The van der Waals surface area contributed by atoms with Crippen LogP contribution in [0.25, 0.3) is 16.9 Å². The maximum Gasteiger partial charge on any atom is 0.172 e. The van der Waals surface area contributed by atoms with Gasteiger partial charge in [0, 0.05) is 5.56 Å². The minimum Gasteiger partial charge on any atom is -0.287 e. The van der Waals surface area contributed by atoms with Gasteiger partial charge in [0.1, 0.15) is 0 Å². The molecule has 0 saturated heterocycles. The number of aromatic nitrogens is 2. The highest BCUT2D eigenvalue weighted by atomic mass is 32.2. The van der Waals surface area contributed by atoms with Crippen LogP contribution in [0.2, 0.25) is 0 Å². The first-order valence-electron chi connectivity index (χ1n) is 6.54. The molecule has 3 aromatic rings. The molecule has 1 heterocycles. The van der Waals surface area contributed by atoms with Gasteiger partial charge in [-0.05, 0) is 24.8 Å². The van der Waals surface area contributed by atoms with Crippen molar-refractivity contribution in [3.63, 3.8) is 0 Å². The summed E-state index contributed by atoms with van der Waals surface area (Å²) < 4.78 is 2.23. The zero-order valence-electron chi connectivity index (χ0n) is 11.6. The van der Waals surface area contributed by atoms with Crippen molar-refractivity contribution in [2.75, 3.05) is 6.26 Å². The summed E-state index contributed by atoms with van der Waals surface area (Å²) in [5.41, 5.74) is 4.75. The van der Waals surface area contributed by atoms with Gasteiger partial charge < -0.3 is 0 Å². The maximum atomic E-state index is 4.55. The normalized spacial score (nSPS) is 10.7. The molecule has 0 radical (unpaired) electrons. The van der Waals surface area contributed by atoms with Crippen LogP contribution in [0.4, 0.5) is 0 Å². The maximum absolute atomic E-state index is 4.55. The molecule has 20 heavy (non-hydrogen) atoms. The van der Waals surface area contributed by atoms with Crippen LogP contribution in [0, 0.1) is 6.92 Å². The van der Waals surface area contributed by atoms with Crippen molar-refractivity contribution in [2.24, 2.45) is 0 Å². The Hall–Kier alpha value is -2.00. The average Bonchev–Trinajstić information content (AvgIpc) is 2.92. The van der Waals surface area contributed by atoms with Crippen molar-refractivity contribution in [2.45, 2.75) is 12.1 Å². The topological polar surface area (TPSA) is 17.8 Å². The molecular formula is C17H16N2S. The summed E-state index contributed by atoms with van der Waals surface area (Å²) in [5, 5.41) is 1.01. The van der Waals surface area contributed by atoms with Crippen molar-refractivity contribution in [3.8, 4) is 16.9 Å². The van der Waals surface area contributed by atoms with Gasteiger partial charge in [0.25, 0.3) is 0 Å².